The first-order chi connectivity index (χ1) is 9.74. The molecule has 2 aromatic heterocycles. The lowest BCUT2D eigenvalue weighted by atomic mass is 10.3. The van der Waals surface area contributed by atoms with E-state index in [-0.39, 0.29) is 0 Å². The number of halogens is 1. The molecule has 0 fully saturated rings. The molecular formula is C14H13ClN4O. The van der Waals surface area contributed by atoms with Crippen LogP contribution in [0, 0.1) is 0 Å². The first kappa shape index (κ1) is 13.0. The Morgan fingerprint density at radius 1 is 1.20 bits per heavy atom. The molecule has 0 aliphatic rings. The summed E-state index contributed by atoms with van der Waals surface area (Å²) in [6.07, 6.45) is 0.506. The van der Waals surface area contributed by atoms with Crippen LogP contribution in [0.15, 0.2) is 30.3 Å². The molecule has 6 heteroatoms. The second-order valence-electron chi connectivity index (χ2n) is 4.41. The van der Waals surface area contributed by atoms with Crippen molar-refractivity contribution in [3.05, 3.63) is 52.8 Å². The number of aromatic nitrogens is 4. The minimum absolute atomic E-state index is 0.412. The average molecular weight is 289 g/mol. The van der Waals surface area contributed by atoms with Crippen LogP contribution >= 0.6 is 11.6 Å². The molecule has 0 bridgehead atoms. The molecule has 0 saturated heterocycles. The fourth-order valence-electron chi connectivity index (χ4n) is 2.06. The number of hydrogen-bond acceptors (Lipinski definition) is 4. The van der Waals surface area contributed by atoms with Gasteiger partial charge in [0.15, 0.2) is 0 Å². The Morgan fingerprint density at radius 3 is 2.85 bits per heavy atom. The van der Waals surface area contributed by atoms with Crippen LogP contribution in [0.1, 0.15) is 17.3 Å². The third-order valence-corrected chi connectivity index (χ3v) is 3.04. The number of para-hydroxylation sites is 2. The van der Waals surface area contributed by atoms with Crippen molar-refractivity contribution >= 4 is 22.6 Å². The first-order valence-corrected chi connectivity index (χ1v) is 6.57. The van der Waals surface area contributed by atoms with Gasteiger partial charge in [-0.2, -0.15) is 0 Å². The number of nitrogens with one attached hydrogen (secondary N) is 1. The van der Waals surface area contributed by atoms with Gasteiger partial charge >= 0.3 is 0 Å². The van der Waals surface area contributed by atoms with E-state index in [1.807, 2.05) is 24.3 Å². The highest BCUT2D eigenvalue weighted by molar-refractivity contribution is 6.29. The largest absolute Gasteiger partial charge is 0.378 e. The summed E-state index contributed by atoms with van der Waals surface area (Å²) in [5.74, 6) is 1.44. The minimum Gasteiger partial charge on any atom is -0.378 e. The summed E-state index contributed by atoms with van der Waals surface area (Å²) >= 11 is 5.99. The van der Waals surface area contributed by atoms with E-state index in [9.17, 15) is 0 Å². The highest BCUT2D eigenvalue weighted by Crippen LogP contribution is 2.14. The average Bonchev–Trinajstić information content (AvgIpc) is 2.80. The zero-order chi connectivity index (χ0) is 13.9. The SMILES string of the molecule is COCc1cc(Cl)nc(Cc2nc3ccccc3[nH]2)n1. The Labute approximate surface area is 121 Å². The number of methoxy groups -OCH3 is 1. The fourth-order valence-corrected chi connectivity index (χ4v) is 2.28. The van der Waals surface area contributed by atoms with Crippen molar-refractivity contribution in [2.45, 2.75) is 13.0 Å². The number of nitrogens with zero attached hydrogens (tertiary/aromatic N) is 3. The highest BCUT2D eigenvalue weighted by Gasteiger charge is 2.08. The van der Waals surface area contributed by atoms with Crippen LogP contribution in [0.5, 0.6) is 0 Å². The lowest BCUT2D eigenvalue weighted by Crippen LogP contribution is -2.03. The van der Waals surface area contributed by atoms with E-state index in [4.69, 9.17) is 16.3 Å². The van der Waals surface area contributed by atoms with Crippen LogP contribution in [-0.2, 0) is 17.8 Å². The topological polar surface area (TPSA) is 63.7 Å². The zero-order valence-corrected chi connectivity index (χ0v) is 11.7. The van der Waals surface area contributed by atoms with Gasteiger partial charge in [-0.3, -0.25) is 0 Å². The van der Waals surface area contributed by atoms with Gasteiger partial charge in [-0.05, 0) is 18.2 Å². The fraction of sp³-hybridized carbons (Fsp3) is 0.214. The number of imidazole rings is 1. The van der Waals surface area contributed by atoms with E-state index in [0.29, 0.717) is 24.0 Å². The normalized spacial score (nSPS) is 11.1. The Bertz CT molecular complexity index is 708. The molecule has 1 N–H and O–H groups in total. The van der Waals surface area contributed by atoms with Crippen molar-refractivity contribution in [2.75, 3.05) is 7.11 Å². The predicted octanol–water partition coefficient (Wildman–Crippen LogP) is 2.74. The number of rotatable bonds is 4. The molecule has 0 spiro atoms. The van der Waals surface area contributed by atoms with Gasteiger partial charge in [0, 0.05) is 7.11 Å². The Hall–Kier alpha value is -1.98. The molecule has 0 aliphatic heterocycles. The van der Waals surface area contributed by atoms with E-state index in [2.05, 4.69) is 19.9 Å². The summed E-state index contributed by atoms with van der Waals surface area (Å²) in [7, 11) is 1.62. The van der Waals surface area contributed by atoms with Crippen molar-refractivity contribution in [2.24, 2.45) is 0 Å². The lowest BCUT2D eigenvalue weighted by Gasteiger charge is -2.03. The second-order valence-corrected chi connectivity index (χ2v) is 4.80. The zero-order valence-electron chi connectivity index (χ0n) is 10.9. The maximum atomic E-state index is 5.99. The van der Waals surface area contributed by atoms with Crippen LogP contribution in [0.25, 0.3) is 11.0 Å². The number of fused-ring (bicyclic) bond motifs is 1. The summed E-state index contributed by atoms with van der Waals surface area (Å²) in [5, 5.41) is 0.415. The first-order valence-electron chi connectivity index (χ1n) is 6.19. The summed E-state index contributed by atoms with van der Waals surface area (Å²) in [4.78, 5) is 16.4. The lowest BCUT2D eigenvalue weighted by molar-refractivity contribution is 0.181. The summed E-state index contributed by atoms with van der Waals surface area (Å²) in [6.45, 7) is 0.412. The maximum Gasteiger partial charge on any atom is 0.137 e. The van der Waals surface area contributed by atoms with E-state index in [1.165, 1.54) is 0 Å². The Morgan fingerprint density at radius 2 is 2.05 bits per heavy atom. The molecule has 3 rings (SSSR count). The monoisotopic (exact) mass is 288 g/mol. The molecule has 5 nitrogen and oxygen atoms in total. The van der Waals surface area contributed by atoms with Crippen molar-refractivity contribution in [1.29, 1.82) is 0 Å². The third kappa shape index (κ3) is 2.79. The van der Waals surface area contributed by atoms with Gasteiger partial charge in [0.1, 0.15) is 16.8 Å². The van der Waals surface area contributed by atoms with Gasteiger partial charge in [0.25, 0.3) is 0 Å². The number of ether oxygens (including phenoxy) is 1. The second kappa shape index (κ2) is 5.56. The molecule has 0 atom stereocenters. The molecular weight excluding hydrogens is 276 g/mol. The molecule has 102 valence electrons. The van der Waals surface area contributed by atoms with E-state index < -0.39 is 0 Å². The predicted molar refractivity (Wildman–Crippen MR) is 76.7 cm³/mol. The molecule has 0 saturated carbocycles. The highest BCUT2D eigenvalue weighted by atomic mass is 35.5. The van der Waals surface area contributed by atoms with Crippen LogP contribution in [0.2, 0.25) is 5.15 Å². The van der Waals surface area contributed by atoms with Gasteiger partial charge in [-0.15, -0.1) is 0 Å². The van der Waals surface area contributed by atoms with E-state index in [0.717, 1.165) is 22.6 Å². The van der Waals surface area contributed by atoms with Crippen molar-refractivity contribution in [3.8, 4) is 0 Å². The van der Waals surface area contributed by atoms with Crippen LogP contribution in [0.4, 0.5) is 0 Å². The smallest absolute Gasteiger partial charge is 0.137 e. The van der Waals surface area contributed by atoms with Gasteiger partial charge < -0.3 is 9.72 Å². The van der Waals surface area contributed by atoms with Crippen LogP contribution in [0.3, 0.4) is 0 Å². The van der Waals surface area contributed by atoms with Crippen molar-refractivity contribution in [3.63, 3.8) is 0 Å². The molecule has 0 aliphatic carbocycles. The van der Waals surface area contributed by atoms with Gasteiger partial charge in [0.2, 0.25) is 0 Å². The summed E-state index contributed by atoms with van der Waals surface area (Å²) in [5.41, 5.74) is 2.70. The summed E-state index contributed by atoms with van der Waals surface area (Å²) in [6, 6.07) is 9.58. The molecule has 0 radical (unpaired) electrons. The van der Waals surface area contributed by atoms with E-state index in [1.54, 1.807) is 13.2 Å². The molecule has 1 aromatic carbocycles. The van der Waals surface area contributed by atoms with E-state index >= 15 is 0 Å². The minimum atomic E-state index is 0.412. The third-order valence-electron chi connectivity index (χ3n) is 2.85. The van der Waals surface area contributed by atoms with Crippen molar-refractivity contribution in [1.82, 2.24) is 19.9 Å². The Balaban J connectivity index is 1.90. The van der Waals surface area contributed by atoms with Crippen LogP contribution in [-0.4, -0.2) is 27.0 Å². The van der Waals surface area contributed by atoms with Crippen LogP contribution < -0.4 is 0 Å². The maximum absolute atomic E-state index is 5.99. The number of hydrogen-bond donors (Lipinski definition) is 1. The van der Waals surface area contributed by atoms with Gasteiger partial charge in [-0.1, -0.05) is 23.7 Å². The number of aromatic amines is 1. The molecule has 0 amide bonds. The quantitative estimate of drug-likeness (QED) is 0.750. The van der Waals surface area contributed by atoms with Gasteiger partial charge in [0.05, 0.1) is 29.8 Å². The van der Waals surface area contributed by atoms with Gasteiger partial charge in [-0.25, -0.2) is 15.0 Å². The molecule has 3 aromatic rings. The molecule has 2 heterocycles. The number of H-pyrrole nitrogens is 1. The Kier molecular flexibility index (Phi) is 3.62. The standard InChI is InChI=1S/C14H13ClN4O/c1-20-8-9-6-12(15)19-13(16-9)7-14-17-10-4-2-3-5-11(10)18-14/h2-6H,7-8H2,1H3,(H,17,18). The molecule has 20 heavy (non-hydrogen) atoms. The summed E-state index contributed by atoms with van der Waals surface area (Å²) < 4.78 is 5.06. The number of benzene rings is 1. The molecule has 0 unspecified atom stereocenters. The van der Waals surface area contributed by atoms with Crippen molar-refractivity contribution < 1.29 is 4.74 Å².